The second-order valence-electron chi connectivity index (χ2n) is 6.31. The third-order valence-electron chi connectivity index (χ3n) is 4.46. The summed E-state index contributed by atoms with van der Waals surface area (Å²) < 4.78 is 70.2. The molecular formula is C18H15F5N4O. The fourth-order valence-corrected chi connectivity index (χ4v) is 2.96. The standard InChI is InChI=1S/C18H15F5N4O/c19-9-17(18(22,23)6-5-15(24)27-17)12-7-11(2-3-13(12)21)26-16(28)14-4-1-10(20)8-25-14/h1-4,7-8H,5-6,9H2,(H2,24,27)(H,26,28)/t17-/m1/s1. The number of rotatable bonds is 4. The highest BCUT2D eigenvalue weighted by molar-refractivity contribution is 6.02. The Hall–Kier alpha value is -3.04. The lowest BCUT2D eigenvalue weighted by Crippen LogP contribution is -2.51. The molecule has 0 unspecified atom stereocenters. The maximum Gasteiger partial charge on any atom is 0.280 e. The average molecular weight is 398 g/mol. The van der Waals surface area contributed by atoms with E-state index in [1.807, 2.05) is 0 Å². The number of anilines is 1. The molecule has 1 aliphatic heterocycles. The molecule has 1 aliphatic rings. The number of amidine groups is 1. The van der Waals surface area contributed by atoms with Crippen LogP contribution in [0.1, 0.15) is 28.9 Å². The number of carbonyl (C=O) groups excluding carboxylic acids is 1. The smallest absolute Gasteiger partial charge is 0.280 e. The van der Waals surface area contributed by atoms with Gasteiger partial charge in [-0.3, -0.25) is 9.79 Å². The molecule has 28 heavy (non-hydrogen) atoms. The highest BCUT2D eigenvalue weighted by atomic mass is 19.3. The third-order valence-corrected chi connectivity index (χ3v) is 4.46. The molecule has 0 saturated heterocycles. The van der Waals surface area contributed by atoms with Crippen LogP contribution in [0.3, 0.4) is 0 Å². The first-order chi connectivity index (χ1) is 13.2. The molecular weight excluding hydrogens is 383 g/mol. The summed E-state index contributed by atoms with van der Waals surface area (Å²) in [5.74, 6) is -6.46. The van der Waals surface area contributed by atoms with Crippen LogP contribution in [-0.4, -0.2) is 29.3 Å². The Labute approximate surface area is 156 Å². The number of halogens is 5. The van der Waals surface area contributed by atoms with E-state index in [0.717, 1.165) is 36.5 Å². The van der Waals surface area contributed by atoms with Gasteiger partial charge in [0.1, 0.15) is 24.0 Å². The first-order valence-electron chi connectivity index (χ1n) is 8.19. The summed E-state index contributed by atoms with van der Waals surface area (Å²) in [5.41, 5.74) is 1.72. The molecule has 0 radical (unpaired) electrons. The number of benzene rings is 1. The predicted molar refractivity (Wildman–Crippen MR) is 92.0 cm³/mol. The summed E-state index contributed by atoms with van der Waals surface area (Å²) in [6.07, 6.45) is -0.214. The van der Waals surface area contributed by atoms with Gasteiger partial charge in [-0.2, -0.15) is 0 Å². The van der Waals surface area contributed by atoms with Crippen molar-refractivity contribution in [2.45, 2.75) is 24.3 Å². The minimum absolute atomic E-state index is 0.0875. The van der Waals surface area contributed by atoms with E-state index in [9.17, 15) is 26.7 Å². The maximum absolute atomic E-state index is 14.6. The van der Waals surface area contributed by atoms with Gasteiger partial charge in [0, 0.05) is 24.1 Å². The average Bonchev–Trinajstić information content (AvgIpc) is 2.66. The minimum atomic E-state index is -3.69. The van der Waals surface area contributed by atoms with Crippen molar-refractivity contribution in [3.05, 3.63) is 59.4 Å². The number of nitrogens with zero attached hydrogens (tertiary/aromatic N) is 2. The van der Waals surface area contributed by atoms with E-state index in [4.69, 9.17) is 5.73 Å². The second kappa shape index (κ2) is 7.17. The van der Waals surface area contributed by atoms with Gasteiger partial charge in [-0.25, -0.2) is 26.9 Å². The highest BCUT2D eigenvalue weighted by Gasteiger charge is 2.58. The zero-order valence-corrected chi connectivity index (χ0v) is 14.4. The molecule has 0 aliphatic carbocycles. The Morgan fingerprint density at radius 1 is 1.21 bits per heavy atom. The summed E-state index contributed by atoms with van der Waals surface area (Å²) >= 11 is 0. The lowest BCUT2D eigenvalue weighted by molar-refractivity contribution is -0.0959. The number of nitrogens with two attached hydrogens (primary N) is 1. The van der Waals surface area contributed by atoms with E-state index < -0.39 is 47.7 Å². The number of aromatic nitrogens is 1. The number of carbonyl (C=O) groups is 1. The summed E-state index contributed by atoms with van der Waals surface area (Å²) in [6.45, 7) is -1.69. The Morgan fingerprint density at radius 3 is 2.61 bits per heavy atom. The molecule has 0 fully saturated rings. The number of hydrogen-bond donors (Lipinski definition) is 2. The molecule has 0 saturated carbocycles. The molecule has 5 nitrogen and oxygen atoms in total. The van der Waals surface area contributed by atoms with Crippen LogP contribution in [0.5, 0.6) is 0 Å². The zero-order chi connectivity index (χ0) is 20.5. The molecule has 1 amide bonds. The Balaban J connectivity index is 2.00. The monoisotopic (exact) mass is 398 g/mol. The van der Waals surface area contributed by atoms with Gasteiger partial charge in [0.15, 0.2) is 5.54 Å². The number of nitrogens with one attached hydrogen (secondary N) is 1. The quantitative estimate of drug-likeness (QED) is 0.773. The van der Waals surface area contributed by atoms with Gasteiger partial charge in [0.25, 0.3) is 11.8 Å². The van der Waals surface area contributed by atoms with E-state index in [2.05, 4.69) is 15.3 Å². The van der Waals surface area contributed by atoms with Crippen molar-refractivity contribution in [3.63, 3.8) is 0 Å². The summed E-state index contributed by atoms with van der Waals surface area (Å²) in [4.78, 5) is 19.3. The van der Waals surface area contributed by atoms with Crippen molar-refractivity contribution in [1.29, 1.82) is 0 Å². The van der Waals surface area contributed by atoms with Gasteiger partial charge in [0.05, 0.1) is 12.0 Å². The van der Waals surface area contributed by atoms with Gasteiger partial charge < -0.3 is 11.1 Å². The van der Waals surface area contributed by atoms with Crippen LogP contribution in [0, 0.1) is 11.6 Å². The Bertz CT molecular complexity index is 932. The molecule has 3 N–H and O–H groups in total. The van der Waals surface area contributed by atoms with Crippen LogP contribution in [0.15, 0.2) is 41.5 Å². The molecule has 10 heteroatoms. The van der Waals surface area contributed by atoms with Crippen LogP contribution in [0.25, 0.3) is 0 Å². The molecule has 2 aromatic rings. The van der Waals surface area contributed by atoms with Gasteiger partial charge in [0.2, 0.25) is 0 Å². The van der Waals surface area contributed by atoms with Crippen molar-refractivity contribution in [3.8, 4) is 0 Å². The Kier molecular flexibility index (Phi) is 5.05. The molecule has 0 bridgehead atoms. The Morgan fingerprint density at radius 2 is 1.96 bits per heavy atom. The summed E-state index contributed by atoms with van der Waals surface area (Å²) in [7, 11) is 0. The van der Waals surface area contributed by atoms with Crippen LogP contribution in [0.4, 0.5) is 27.6 Å². The summed E-state index contributed by atoms with van der Waals surface area (Å²) in [5, 5.41) is 2.33. The third kappa shape index (κ3) is 3.41. The van der Waals surface area contributed by atoms with Crippen LogP contribution in [0.2, 0.25) is 0 Å². The lowest BCUT2D eigenvalue weighted by Gasteiger charge is -2.39. The number of hydrogen-bond acceptors (Lipinski definition) is 4. The van der Waals surface area contributed by atoms with Crippen molar-refractivity contribution >= 4 is 17.4 Å². The van der Waals surface area contributed by atoms with E-state index in [1.165, 1.54) is 0 Å². The first kappa shape index (κ1) is 19.7. The molecule has 1 aromatic heterocycles. The highest BCUT2D eigenvalue weighted by Crippen LogP contribution is 2.48. The van der Waals surface area contributed by atoms with Gasteiger partial charge in [-0.1, -0.05) is 0 Å². The fraction of sp³-hybridized carbons (Fsp3) is 0.278. The molecule has 0 spiro atoms. The van der Waals surface area contributed by atoms with Crippen molar-refractivity contribution in [2.24, 2.45) is 10.7 Å². The number of amides is 1. The van der Waals surface area contributed by atoms with Crippen molar-refractivity contribution < 1.29 is 26.7 Å². The lowest BCUT2D eigenvalue weighted by atomic mass is 9.80. The molecule has 148 valence electrons. The van der Waals surface area contributed by atoms with Crippen molar-refractivity contribution in [1.82, 2.24) is 4.98 Å². The summed E-state index contributed by atoms with van der Waals surface area (Å²) in [6, 6.07) is 4.93. The topological polar surface area (TPSA) is 80.4 Å². The normalized spacial score (nSPS) is 21.1. The number of alkyl halides is 3. The molecule has 2 heterocycles. The largest absolute Gasteiger partial charge is 0.387 e. The van der Waals surface area contributed by atoms with Gasteiger partial charge in [-0.05, 0) is 30.3 Å². The van der Waals surface area contributed by atoms with E-state index in [0.29, 0.717) is 0 Å². The molecule has 1 atom stereocenters. The SMILES string of the molecule is NC1=N[C@](CF)(c2cc(NC(=O)c3ccc(F)cn3)ccc2F)C(F)(F)CC1. The minimum Gasteiger partial charge on any atom is -0.387 e. The predicted octanol–water partition coefficient (Wildman–Crippen LogP) is 3.56. The zero-order valence-electron chi connectivity index (χ0n) is 14.4. The molecule has 3 rings (SSSR count). The van der Waals surface area contributed by atoms with Crippen LogP contribution >= 0.6 is 0 Å². The number of aliphatic imine (C=N–C) groups is 1. The van der Waals surface area contributed by atoms with E-state index in [-0.39, 0.29) is 23.6 Å². The maximum atomic E-state index is 14.6. The first-order valence-corrected chi connectivity index (χ1v) is 8.19. The van der Waals surface area contributed by atoms with Crippen LogP contribution in [-0.2, 0) is 5.54 Å². The van der Waals surface area contributed by atoms with Gasteiger partial charge in [-0.15, -0.1) is 0 Å². The van der Waals surface area contributed by atoms with Crippen LogP contribution < -0.4 is 11.1 Å². The van der Waals surface area contributed by atoms with E-state index in [1.54, 1.807) is 0 Å². The fourth-order valence-electron chi connectivity index (χ4n) is 2.96. The van der Waals surface area contributed by atoms with Gasteiger partial charge >= 0.3 is 0 Å². The number of pyridine rings is 1. The van der Waals surface area contributed by atoms with E-state index >= 15 is 0 Å². The molecule has 1 aromatic carbocycles. The van der Waals surface area contributed by atoms with Crippen molar-refractivity contribution in [2.75, 3.05) is 12.0 Å². The second-order valence-corrected chi connectivity index (χ2v) is 6.31.